The summed E-state index contributed by atoms with van der Waals surface area (Å²) in [4.78, 5) is 0. The molecule has 1 N–H and O–H groups in total. The highest BCUT2D eigenvalue weighted by molar-refractivity contribution is 5.89. The molecule has 0 amide bonds. The van der Waals surface area contributed by atoms with Crippen molar-refractivity contribution in [3.63, 3.8) is 0 Å². The number of rotatable bonds is 3. The Hall–Kier alpha value is -2.88. The van der Waals surface area contributed by atoms with Crippen LogP contribution in [0.25, 0.3) is 0 Å². The number of hydrogen-bond acceptors (Lipinski definition) is 6. The third-order valence-electron chi connectivity index (χ3n) is 7.06. The molecule has 0 spiro atoms. The second-order valence-electron chi connectivity index (χ2n) is 8.59. The first-order chi connectivity index (χ1) is 13.9. The van der Waals surface area contributed by atoms with Gasteiger partial charge in [0.05, 0.1) is 24.1 Å². The van der Waals surface area contributed by atoms with Crippen molar-refractivity contribution in [2.75, 3.05) is 0 Å². The van der Waals surface area contributed by atoms with E-state index in [1.807, 2.05) is 31.2 Å². The van der Waals surface area contributed by atoms with E-state index in [0.717, 1.165) is 24.8 Å². The monoisotopic (exact) mass is 388 g/mol. The van der Waals surface area contributed by atoms with Gasteiger partial charge in [-0.05, 0) is 31.2 Å². The highest BCUT2D eigenvalue weighted by Gasteiger charge is 2.80. The molecule has 2 heterocycles. The molecule has 2 aliphatic heterocycles. The van der Waals surface area contributed by atoms with Gasteiger partial charge in [0.25, 0.3) is 0 Å². The maximum atomic E-state index is 10.4. The van der Waals surface area contributed by atoms with Crippen LogP contribution < -0.4 is 0 Å². The summed E-state index contributed by atoms with van der Waals surface area (Å²) in [6.45, 7) is 4.05. The Bertz CT molecular complexity index is 970. The van der Waals surface area contributed by atoms with Crippen LogP contribution in [0, 0.1) is 69.0 Å². The number of hydrogen-bond donors (Lipinski definition) is 1. The molecular weight excluding hydrogens is 364 g/mol. The maximum Gasteiger partial charge on any atom is 0.217 e. The van der Waals surface area contributed by atoms with E-state index < -0.39 is 28.6 Å². The summed E-state index contributed by atoms with van der Waals surface area (Å²) in [5.74, 6) is -1.55. The minimum atomic E-state index is -1.86. The van der Waals surface area contributed by atoms with E-state index in [0.29, 0.717) is 24.3 Å². The van der Waals surface area contributed by atoms with Crippen molar-refractivity contribution in [3.05, 3.63) is 35.4 Å². The summed E-state index contributed by atoms with van der Waals surface area (Å²) in [5.41, 5.74) is -1.86. The number of ether oxygens (including phenoxy) is 2. The molecule has 2 bridgehead atoms. The molecule has 0 radical (unpaired) electrons. The van der Waals surface area contributed by atoms with E-state index in [-0.39, 0.29) is 5.90 Å². The van der Waals surface area contributed by atoms with Crippen LogP contribution in [-0.2, 0) is 9.47 Å². The zero-order chi connectivity index (χ0) is 20.9. The average molecular weight is 388 g/mol. The minimum absolute atomic E-state index is 0.291. The van der Waals surface area contributed by atoms with Gasteiger partial charge in [0.15, 0.2) is 5.41 Å². The molecule has 3 fully saturated rings. The fraction of sp³-hybridized carbons (Fsp3) is 0.565. The van der Waals surface area contributed by atoms with Crippen LogP contribution in [0.15, 0.2) is 24.3 Å². The smallest absolute Gasteiger partial charge is 0.217 e. The van der Waals surface area contributed by atoms with Crippen LogP contribution in [0.2, 0.25) is 0 Å². The van der Waals surface area contributed by atoms with Gasteiger partial charge in [-0.3, -0.25) is 5.41 Å². The van der Waals surface area contributed by atoms with Gasteiger partial charge in [0.1, 0.15) is 6.10 Å². The Balaban J connectivity index is 1.93. The fourth-order valence-electron chi connectivity index (χ4n) is 5.72. The van der Waals surface area contributed by atoms with Gasteiger partial charge in [-0.15, -0.1) is 0 Å². The fourth-order valence-corrected chi connectivity index (χ4v) is 5.72. The van der Waals surface area contributed by atoms with E-state index in [1.54, 1.807) is 0 Å². The lowest BCUT2D eigenvalue weighted by Crippen LogP contribution is -2.61. The van der Waals surface area contributed by atoms with Gasteiger partial charge < -0.3 is 9.47 Å². The molecule has 29 heavy (non-hydrogen) atoms. The summed E-state index contributed by atoms with van der Waals surface area (Å²) >= 11 is 0. The van der Waals surface area contributed by atoms with Gasteiger partial charge in [-0.1, -0.05) is 49.6 Å². The molecule has 6 heteroatoms. The molecule has 5 atom stereocenters. The molecule has 1 aliphatic carbocycles. The van der Waals surface area contributed by atoms with Crippen LogP contribution in [0.3, 0.4) is 0 Å². The van der Waals surface area contributed by atoms with E-state index in [4.69, 9.17) is 14.9 Å². The zero-order valence-electron chi connectivity index (χ0n) is 16.7. The molecule has 148 valence electrons. The molecule has 1 aromatic carbocycles. The topological polar surface area (TPSA) is 114 Å². The second kappa shape index (κ2) is 6.58. The lowest BCUT2D eigenvalue weighted by Gasteiger charge is -2.52. The van der Waals surface area contributed by atoms with E-state index >= 15 is 0 Å². The van der Waals surface area contributed by atoms with Gasteiger partial charge >= 0.3 is 0 Å². The molecule has 6 nitrogen and oxygen atoms in total. The number of benzene rings is 1. The summed E-state index contributed by atoms with van der Waals surface area (Å²) in [7, 11) is 0. The summed E-state index contributed by atoms with van der Waals surface area (Å²) in [6.07, 6.45) is 3.13. The number of aryl methyl sites for hydroxylation is 1. The van der Waals surface area contributed by atoms with E-state index in [2.05, 4.69) is 25.1 Å². The quantitative estimate of drug-likeness (QED) is 0.817. The lowest BCUT2D eigenvalue weighted by molar-refractivity contribution is -0.299. The Kier molecular flexibility index (Phi) is 4.41. The molecule has 1 saturated carbocycles. The second-order valence-corrected chi connectivity index (χ2v) is 8.59. The first-order valence-corrected chi connectivity index (χ1v) is 10.2. The van der Waals surface area contributed by atoms with Crippen LogP contribution in [0.5, 0.6) is 0 Å². The lowest BCUT2D eigenvalue weighted by atomic mass is 9.50. The van der Waals surface area contributed by atoms with Crippen LogP contribution >= 0.6 is 0 Å². The minimum Gasteiger partial charge on any atom is -0.447 e. The summed E-state index contributed by atoms with van der Waals surface area (Å²) in [5, 5.41) is 39.5. The van der Waals surface area contributed by atoms with Crippen molar-refractivity contribution in [1.29, 1.82) is 21.2 Å². The Morgan fingerprint density at radius 3 is 2.59 bits per heavy atom. The standard InChI is InChI=1S/C23H24N4O2/c1-3-5-16-8-9-23-18(11-16)22(14-26,20(27)29-23)21(12-24,13-25)19(28-23)17-7-4-6-15(2)10-17/h4,6-7,10,16,18-19,27H,3,5,8-9,11H2,1-2H3. The number of nitrogens with zero attached hydrogens (tertiary/aromatic N) is 3. The Labute approximate surface area is 171 Å². The molecule has 0 aromatic heterocycles. The van der Waals surface area contributed by atoms with Crippen molar-refractivity contribution in [2.24, 2.45) is 22.7 Å². The molecule has 3 aliphatic rings. The van der Waals surface area contributed by atoms with E-state index in [9.17, 15) is 15.8 Å². The van der Waals surface area contributed by atoms with Gasteiger partial charge in [0, 0.05) is 6.42 Å². The van der Waals surface area contributed by atoms with E-state index in [1.165, 1.54) is 0 Å². The summed E-state index contributed by atoms with van der Waals surface area (Å²) in [6, 6.07) is 14.0. The predicted octanol–water partition coefficient (Wildman–Crippen LogP) is 4.53. The molecule has 2 saturated heterocycles. The van der Waals surface area contributed by atoms with Gasteiger partial charge in [-0.25, -0.2) is 0 Å². The third kappa shape index (κ3) is 2.32. The molecule has 1 aromatic rings. The molecule has 4 rings (SSSR count). The first-order valence-electron chi connectivity index (χ1n) is 10.2. The zero-order valence-corrected chi connectivity index (χ0v) is 16.7. The first kappa shape index (κ1) is 19.4. The van der Waals surface area contributed by atoms with Gasteiger partial charge in [-0.2, -0.15) is 15.8 Å². The molecular formula is C23H24N4O2. The molecule has 5 unspecified atom stereocenters. The van der Waals surface area contributed by atoms with Crippen molar-refractivity contribution in [3.8, 4) is 18.2 Å². The van der Waals surface area contributed by atoms with Gasteiger partial charge in [0.2, 0.25) is 17.1 Å². The largest absolute Gasteiger partial charge is 0.447 e. The predicted molar refractivity (Wildman–Crippen MR) is 104 cm³/mol. The Morgan fingerprint density at radius 2 is 1.97 bits per heavy atom. The van der Waals surface area contributed by atoms with Crippen molar-refractivity contribution >= 4 is 5.90 Å². The highest BCUT2D eigenvalue weighted by atomic mass is 16.7. The van der Waals surface area contributed by atoms with Crippen LogP contribution in [-0.4, -0.2) is 11.7 Å². The summed E-state index contributed by atoms with van der Waals surface area (Å²) < 4.78 is 12.4. The Morgan fingerprint density at radius 1 is 1.21 bits per heavy atom. The third-order valence-corrected chi connectivity index (χ3v) is 7.06. The van der Waals surface area contributed by atoms with Crippen LogP contribution in [0.1, 0.15) is 56.3 Å². The van der Waals surface area contributed by atoms with Crippen molar-refractivity contribution in [2.45, 2.75) is 57.8 Å². The van der Waals surface area contributed by atoms with Crippen LogP contribution in [0.4, 0.5) is 0 Å². The van der Waals surface area contributed by atoms with Crippen molar-refractivity contribution < 1.29 is 9.47 Å². The normalized spacial score (nSPS) is 36.8. The highest BCUT2D eigenvalue weighted by Crippen LogP contribution is 2.70. The number of nitrogens with one attached hydrogen (secondary N) is 1. The maximum absolute atomic E-state index is 10.4. The van der Waals surface area contributed by atoms with Crippen molar-refractivity contribution in [1.82, 2.24) is 0 Å². The number of nitriles is 3. The average Bonchev–Trinajstić information content (AvgIpc) is 2.92. The SMILES string of the molecule is CCCC1CCC23OC(=N)C(C#N)(C2C1)C(C#N)(C#N)C(c1cccc(C)c1)O3.